The van der Waals surface area contributed by atoms with E-state index in [0.29, 0.717) is 19.6 Å². The first-order valence-electron chi connectivity index (χ1n) is 5.04. The predicted molar refractivity (Wildman–Crippen MR) is 55.0 cm³/mol. The summed E-state index contributed by atoms with van der Waals surface area (Å²) in [6.07, 6.45) is -0.236. The first-order chi connectivity index (χ1) is 6.17. The summed E-state index contributed by atoms with van der Waals surface area (Å²) in [5.74, 6) is 0. The van der Waals surface area contributed by atoms with E-state index in [1.807, 2.05) is 27.7 Å². The number of hydrogen-bond acceptors (Lipinski definition) is 2. The molecule has 0 radical (unpaired) electrons. The molecule has 0 aliphatic rings. The average Bonchev–Trinajstić information content (AvgIpc) is 2.15. The van der Waals surface area contributed by atoms with Crippen molar-refractivity contribution in [2.24, 2.45) is 0 Å². The lowest BCUT2D eigenvalue weighted by Crippen LogP contribution is -2.32. The van der Waals surface area contributed by atoms with Crippen LogP contribution >= 0.6 is 0 Å². The van der Waals surface area contributed by atoms with Crippen LogP contribution in [0.4, 0.5) is 4.39 Å². The van der Waals surface area contributed by atoms with Gasteiger partial charge in [-0.25, -0.2) is 4.39 Å². The minimum Gasteiger partial charge on any atom is -0.397 e. The van der Waals surface area contributed by atoms with Gasteiger partial charge in [0.1, 0.15) is 6.17 Å². The minimum absolute atomic E-state index is 0.0510. The van der Waals surface area contributed by atoms with E-state index in [1.54, 1.807) is 0 Å². The zero-order valence-electron chi connectivity index (χ0n) is 9.05. The highest BCUT2D eigenvalue weighted by atomic mass is 28.3. The van der Waals surface area contributed by atoms with Crippen LogP contribution in [0.1, 0.15) is 34.1 Å². The Kier molecular flexibility index (Phi) is 7.51. The monoisotopic (exact) mass is 208 g/mol. The van der Waals surface area contributed by atoms with Crippen molar-refractivity contribution < 1.29 is 13.2 Å². The summed E-state index contributed by atoms with van der Waals surface area (Å²) in [7, 11) is -1.78. The van der Waals surface area contributed by atoms with Gasteiger partial charge in [-0.3, -0.25) is 0 Å². The van der Waals surface area contributed by atoms with Gasteiger partial charge in [-0.05, 0) is 20.3 Å². The lowest BCUT2D eigenvalue weighted by molar-refractivity contribution is 0.183. The second-order valence-electron chi connectivity index (χ2n) is 3.06. The van der Waals surface area contributed by atoms with Crippen LogP contribution in [0.5, 0.6) is 0 Å². The van der Waals surface area contributed by atoms with Crippen LogP contribution in [-0.2, 0) is 8.85 Å². The fraction of sp³-hybridized carbons (Fsp3) is 1.00. The van der Waals surface area contributed by atoms with Crippen LogP contribution in [-0.4, -0.2) is 28.7 Å². The highest BCUT2D eigenvalue weighted by molar-refractivity contribution is 6.46. The Hall–Kier alpha value is 0.0669. The summed E-state index contributed by atoms with van der Waals surface area (Å²) in [6.45, 7) is 8.83. The summed E-state index contributed by atoms with van der Waals surface area (Å²) >= 11 is 0. The first kappa shape index (κ1) is 13.1. The smallest absolute Gasteiger partial charge is 0.327 e. The normalized spacial score (nSPS) is 16.2. The molecular formula is C9H21FO2Si. The van der Waals surface area contributed by atoms with Gasteiger partial charge in [0.15, 0.2) is 0 Å². The van der Waals surface area contributed by atoms with Gasteiger partial charge in [0, 0.05) is 18.8 Å². The summed E-state index contributed by atoms with van der Waals surface area (Å²) in [6, 6.07) is 0. The third-order valence-electron chi connectivity index (χ3n) is 2.05. The van der Waals surface area contributed by atoms with E-state index in [9.17, 15) is 4.39 Å². The van der Waals surface area contributed by atoms with Gasteiger partial charge in [0.05, 0.1) is 0 Å². The molecule has 0 N–H and O–H groups in total. The molecule has 2 nitrogen and oxygen atoms in total. The second-order valence-corrected chi connectivity index (χ2v) is 5.52. The third kappa shape index (κ3) is 4.74. The van der Waals surface area contributed by atoms with E-state index in [4.69, 9.17) is 8.85 Å². The molecule has 2 atom stereocenters. The molecule has 80 valence electrons. The molecule has 0 heterocycles. The van der Waals surface area contributed by atoms with E-state index >= 15 is 0 Å². The summed E-state index contributed by atoms with van der Waals surface area (Å²) in [5.41, 5.74) is -0.0510. The number of rotatable bonds is 7. The molecule has 0 amide bonds. The third-order valence-corrected chi connectivity index (χ3v) is 4.65. The van der Waals surface area contributed by atoms with E-state index in [1.165, 1.54) is 0 Å². The molecule has 0 fully saturated rings. The molecule has 2 unspecified atom stereocenters. The highest BCUT2D eigenvalue weighted by Crippen LogP contribution is 2.21. The van der Waals surface area contributed by atoms with Gasteiger partial charge in [0.2, 0.25) is 0 Å². The first-order valence-corrected chi connectivity index (χ1v) is 6.65. The Morgan fingerprint density at radius 3 is 1.92 bits per heavy atom. The Labute approximate surface area is 82.3 Å². The topological polar surface area (TPSA) is 18.5 Å². The molecule has 0 aromatic rings. The van der Waals surface area contributed by atoms with Gasteiger partial charge in [-0.15, -0.1) is 0 Å². The van der Waals surface area contributed by atoms with Crippen LogP contribution in [0.15, 0.2) is 0 Å². The molecular weight excluding hydrogens is 187 g/mol. The van der Waals surface area contributed by atoms with Crippen LogP contribution in [0.2, 0.25) is 5.54 Å². The lowest BCUT2D eigenvalue weighted by atomic mass is 10.2. The molecule has 0 aliphatic carbocycles. The SMILES string of the molecule is CCO[SiH](OCC)C(C)C(F)CC. The summed E-state index contributed by atoms with van der Waals surface area (Å²) in [5, 5.41) is 0. The zero-order valence-corrected chi connectivity index (χ0v) is 10.2. The van der Waals surface area contributed by atoms with Crippen molar-refractivity contribution in [2.75, 3.05) is 13.2 Å². The molecule has 0 rings (SSSR count). The van der Waals surface area contributed by atoms with Crippen LogP contribution in [0.3, 0.4) is 0 Å². The summed E-state index contributed by atoms with van der Waals surface area (Å²) < 4.78 is 24.2. The quantitative estimate of drug-likeness (QED) is 0.598. The average molecular weight is 208 g/mol. The minimum atomic E-state index is -1.78. The van der Waals surface area contributed by atoms with E-state index in [-0.39, 0.29) is 5.54 Å². The molecule has 0 spiro atoms. The molecule has 4 heteroatoms. The summed E-state index contributed by atoms with van der Waals surface area (Å²) in [4.78, 5) is 0. The van der Waals surface area contributed by atoms with E-state index < -0.39 is 15.5 Å². The van der Waals surface area contributed by atoms with E-state index in [0.717, 1.165) is 0 Å². The van der Waals surface area contributed by atoms with Crippen molar-refractivity contribution in [2.45, 2.75) is 45.8 Å². The maximum absolute atomic E-state index is 13.3. The molecule has 0 aromatic carbocycles. The van der Waals surface area contributed by atoms with E-state index in [2.05, 4.69) is 0 Å². The van der Waals surface area contributed by atoms with Gasteiger partial charge in [0.25, 0.3) is 0 Å². The van der Waals surface area contributed by atoms with Gasteiger partial charge in [-0.1, -0.05) is 13.8 Å². The Bertz CT molecular complexity index is 118. The fourth-order valence-electron chi connectivity index (χ4n) is 1.22. The van der Waals surface area contributed by atoms with Crippen molar-refractivity contribution in [1.29, 1.82) is 0 Å². The maximum Gasteiger partial charge on any atom is 0.327 e. The Morgan fingerprint density at radius 2 is 1.62 bits per heavy atom. The lowest BCUT2D eigenvalue weighted by Gasteiger charge is -2.23. The standard InChI is InChI=1S/C9H21FO2Si/c1-5-9(10)8(4)13(11-6-2)12-7-3/h8-9,13H,5-7H2,1-4H3. The van der Waals surface area contributed by atoms with Crippen molar-refractivity contribution in [1.82, 2.24) is 0 Å². The van der Waals surface area contributed by atoms with Gasteiger partial charge >= 0.3 is 9.28 Å². The predicted octanol–water partition coefficient (Wildman–Crippen LogP) is 2.42. The number of alkyl halides is 1. The molecule has 0 aliphatic heterocycles. The molecule has 0 bridgehead atoms. The maximum atomic E-state index is 13.3. The molecule has 13 heavy (non-hydrogen) atoms. The fourth-order valence-corrected chi connectivity index (χ4v) is 3.20. The number of halogens is 1. The van der Waals surface area contributed by atoms with Crippen molar-refractivity contribution >= 4 is 9.28 Å². The second kappa shape index (κ2) is 7.47. The number of hydrogen-bond donors (Lipinski definition) is 0. The van der Waals surface area contributed by atoms with Crippen molar-refractivity contribution in [3.8, 4) is 0 Å². The zero-order chi connectivity index (χ0) is 10.3. The van der Waals surface area contributed by atoms with Crippen LogP contribution in [0.25, 0.3) is 0 Å². The Morgan fingerprint density at radius 1 is 1.15 bits per heavy atom. The largest absolute Gasteiger partial charge is 0.397 e. The van der Waals surface area contributed by atoms with Crippen LogP contribution in [0, 0.1) is 0 Å². The Balaban J connectivity index is 4.00. The molecule has 0 saturated carbocycles. The van der Waals surface area contributed by atoms with Crippen molar-refractivity contribution in [3.63, 3.8) is 0 Å². The van der Waals surface area contributed by atoms with Gasteiger partial charge in [-0.2, -0.15) is 0 Å². The van der Waals surface area contributed by atoms with Crippen molar-refractivity contribution in [3.05, 3.63) is 0 Å². The molecule has 0 aromatic heterocycles. The highest BCUT2D eigenvalue weighted by Gasteiger charge is 2.28. The molecule has 0 saturated heterocycles. The van der Waals surface area contributed by atoms with Gasteiger partial charge < -0.3 is 8.85 Å². The van der Waals surface area contributed by atoms with Crippen LogP contribution < -0.4 is 0 Å².